The number of Topliss-reactive ketones (excluding diaryl/α,β-unsaturated/α-hetero) is 1. The van der Waals surface area contributed by atoms with Gasteiger partial charge in [-0.05, 0) is 19.2 Å². The molecule has 0 amide bonds. The van der Waals surface area contributed by atoms with Gasteiger partial charge in [0.2, 0.25) is 23.4 Å². The molecule has 0 saturated heterocycles. The Morgan fingerprint density at radius 2 is 1.95 bits per heavy atom. The van der Waals surface area contributed by atoms with Gasteiger partial charge in [-0.15, -0.1) is 17.0 Å². The van der Waals surface area contributed by atoms with E-state index in [2.05, 4.69) is 30.9 Å². The lowest BCUT2D eigenvalue weighted by Gasteiger charge is -2.15. The Kier molecular flexibility index (Phi) is 6.62. The van der Waals surface area contributed by atoms with E-state index in [9.17, 15) is 4.79 Å². The number of carbonyl (C=O) groups excluding carboxylic acids is 1. The van der Waals surface area contributed by atoms with Gasteiger partial charge in [-0.25, -0.2) is 0 Å². The highest BCUT2D eigenvalue weighted by Crippen LogP contribution is 2.14. The largest absolute Gasteiger partial charge is 0.296 e. The summed E-state index contributed by atoms with van der Waals surface area (Å²) in [7, 11) is 0. The molecule has 3 nitrogen and oxygen atoms in total. The van der Waals surface area contributed by atoms with Crippen LogP contribution in [0.5, 0.6) is 0 Å². The van der Waals surface area contributed by atoms with E-state index in [0.29, 0.717) is 13.1 Å². The SMILES string of the molecule is Br.CCN(CC)CC(=O)C[n+]1csc2ccccc21. The summed E-state index contributed by atoms with van der Waals surface area (Å²) in [6, 6.07) is 8.20. The fourth-order valence-electron chi connectivity index (χ4n) is 2.03. The molecule has 0 aliphatic heterocycles. The van der Waals surface area contributed by atoms with Gasteiger partial charge in [0.1, 0.15) is 4.70 Å². The first-order valence-corrected chi connectivity index (χ1v) is 7.22. The molecule has 2 aromatic rings. The molecule has 0 atom stereocenters. The molecule has 1 aromatic carbocycles. The predicted octanol–water partition coefficient (Wildman–Crippen LogP) is 2.68. The number of hydrogen-bond donors (Lipinski definition) is 0. The molecule has 0 N–H and O–H groups in total. The highest BCUT2D eigenvalue weighted by atomic mass is 79.9. The third kappa shape index (κ3) is 4.09. The van der Waals surface area contributed by atoms with E-state index in [1.807, 2.05) is 22.2 Å². The van der Waals surface area contributed by atoms with Gasteiger partial charge in [-0.2, -0.15) is 4.57 Å². The minimum atomic E-state index is 0. The molecular formula is C14H20BrN2OS+. The summed E-state index contributed by atoms with van der Waals surface area (Å²) >= 11 is 1.68. The number of rotatable bonds is 6. The highest BCUT2D eigenvalue weighted by Gasteiger charge is 2.16. The number of fused-ring (bicyclic) bond motifs is 1. The van der Waals surface area contributed by atoms with E-state index in [1.165, 1.54) is 4.70 Å². The number of nitrogens with zero attached hydrogens (tertiary/aromatic N) is 2. The van der Waals surface area contributed by atoms with Gasteiger partial charge in [0, 0.05) is 6.07 Å². The van der Waals surface area contributed by atoms with E-state index in [4.69, 9.17) is 0 Å². The number of aromatic nitrogens is 1. The second-order valence-corrected chi connectivity index (χ2v) is 5.21. The Hall–Kier alpha value is -0.780. The molecule has 1 heterocycles. The van der Waals surface area contributed by atoms with Gasteiger partial charge >= 0.3 is 0 Å². The quantitative estimate of drug-likeness (QED) is 0.753. The van der Waals surface area contributed by atoms with Crippen LogP contribution in [-0.4, -0.2) is 30.3 Å². The summed E-state index contributed by atoms with van der Waals surface area (Å²) in [5.41, 5.74) is 3.18. The van der Waals surface area contributed by atoms with Crippen LogP contribution in [0.4, 0.5) is 0 Å². The monoisotopic (exact) mass is 343 g/mol. The van der Waals surface area contributed by atoms with Crippen LogP contribution >= 0.6 is 28.3 Å². The van der Waals surface area contributed by atoms with Crippen molar-refractivity contribution >= 4 is 44.3 Å². The standard InChI is InChI=1S/C14H19N2OS.BrH/c1-3-15(4-2)9-12(17)10-16-11-18-14-8-6-5-7-13(14)16;/h5-8,11H,3-4,9-10H2,1-2H3;1H/q+1;. The van der Waals surface area contributed by atoms with Gasteiger partial charge in [-0.3, -0.25) is 9.69 Å². The van der Waals surface area contributed by atoms with Crippen LogP contribution in [0.3, 0.4) is 0 Å². The van der Waals surface area contributed by atoms with Gasteiger partial charge in [0.25, 0.3) is 0 Å². The molecule has 0 radical (unpaired) electrons. The first-order valence-electron chi connectivity index (χ1n) is 6.34. The zero-order valence-electron chi connectivity index (χ0n) is 11.3. The average Bonchev–Trinajstić information content (AvgIpc) is 2.79. The lowest BCUT2D eigenvalue weighted by Crippen LogP contribution is -2.41. The Balaban J connectivity index is 0.00000180. The Labute approximate surface area is 128 Å². The Morgan fingerprint density at radius 3 is 2.63 bits per heavy atom. The maximum atomic E-state index is 12.0. The fraction of sp³-hybridized carbons (Fsp3) is 0.429. The van der Waals surface area contributed by atoms with Crippen molar-refractivity contribution < 1.29 is 9.36 Å². The van der Waals surface area contributed by atoms with Crippen LogP contribution in [0.25, 0.3) is 10.2 Å². The van der Waals surface area contributed by atoms with Gasteiger partial charge < -0.3 is 0 Å². The summed E-state index contributed by atoms with van der Waals surface area (Å²) < 4.78 is 3.28. The van der Waals surface area contributed by atoms with Crippen molar-refractivity contribution in [2.24, 2.45) is 0 Å². The molecule has 0 unspecified atom stereocenters. The molecule has 0 fully saturated rings. The number of carbonyl (C=O) groups is 1. The first-order chi connectivity index (χ1) is 8.74. The van der Waals surface area contributed by atoms with Gasteiger partial charge in [0.15, 0.2) is 0 Å². The van der Waals surface area contributed by atoms with E-state index >= 15 is 0 Å². The number of ketones is 1. The number of halogens is 1. The summed E-state index contributed by atoms with van der Waals surface area (Å²) in [4.78, 5) is 14.2. The predicted molar refractivity (Wildman–Crippen MR) is 85.1 cm³/mol. The van der Waals surface area contributed by atoms with Crippen molar-refractivity contribution in [2.45, 2.75) is 20.4 Å². The molecule has 0 bridgehead atoms. The molecular weight excluding hydrogens is 324 g/mol. The van der Waals surface area contributed by atoms with Gasteiger partial charge in [0.05, 0.1) is 6.54 Å². The van der Waals surface area contributed by atoms with Crippen LogP contribution in [0.1, 0.15) is 13.8 Å². The second kappa shape index (κ2) is 7.72. The zero-order chi connectivity index (χ0) is 13.0. The normalized spacial score (nSPS) is 10.7. The summed E-state index contributed by atoms with van der Waals surface area (Å²) in [5, 5.41) is 0. The number of hydrogen-bond acceptors (Lipinski definition) is 3. The fourth-order valence-corrected chi connectivity index (χ4v) is 2.92. The van der Waals surface area contributed by atoms with Crippen molar-refractivity contribution in [2.75, 3.05) is 19.6 Å². The lowest BCUT2D eigenvalue weighted by atomic mass is 10.3. The molecule has 19 heavy (non-hydrogen) atoms. The smallest absolute Gasteiger partial charge is 0.226 e. The van der Waals surface area contributed by atoms with Crippen LogP contribution in [0.15, 0.2) is 29.8 Å². The van der Waals surface area contributed by atoms with Crippen molar-refractivity contribution in [1.82, 2.24) is 4.90 Å². The summed E-state index contributed by atoms with van der Waals surface area (Å²) in [6.45, 7) is 7.05. The molecule has 0 spiro atoms. The van der Waals surface area contributed by atoms with E-state index < -0.39 is 0 Å². The van der Waals surface area contributed by atoms with Crippen LogP contribution in [0, 0.1) is 0 Å². The van der Waals surface area contributed by atoms with Crippen LogP contribution in [0.2, 0.25) is 0 Å². The third-order valence-corrected chi connectivity index (χ3v) is 4.08. The minimum absolute atomic E-state index is 0. The van der Waals surface area contributed by atoms with E-state index in [0.717, 1.165) is 18.6 Å². The molecule has 2 rings (SSSR count). The Bertz CT molecular complexity index is 537. The topological polar surface area (TPSA) is 24.2 Å². The summed E-state index contributed by atoms with van der Waals surface area (Å²) in [5.74, 6) is 0.271. The highest BCUT2D eigenvalue weighted by molar-refractivity contribution is 8.93. The maximum absolute atomic E-state index is 12.0. The van der Waals surface area contributed by atoms with Crippen LogP contribution < -0.4 is 4.57 Å². The van der Waals surface area contributed by atoms with Crippen LogP contribution in [-0.2, 0) is 11.3 Å². The molecule has 0 aliphatic rings. The first kappa shape index (κ1) is 16.3. The molecule has 1 aromatic heterocycles. The van der Waals surface area contributed by atoms with Crippen molar-refractivity contribution in [3.63, 3.8) is 0 Å². The number of likely N-dealkylation sites (N-methyl/N-ethyl adjacent to an activating group) is 1. The molecule has 0 aliphatic carbocycles. The van der Waals surface area contributed by atoms with Gasteiger partial charge in [-0.1, -0.05) is 37.3 Å². The number of thiazole rings is 1. The van der Waals surface area contributed by atoms with E-state index in [1.54, 1.807) is 11.3 Å². The number of para-hydroxylation sites is 1. The number of benzene rings is 1. The summed E-state index contributed by atoms with van der Waals surface area (Å²) in [6.07, 6.45) is 0. The molecule has 104 valence electrons. The van der Waals surface area contributed by atoms with E-state index in [-0.39, 0.29) is 22.8 Å². The molecule has 5 heteroatoms. The van der Waals surface area contributed by atoms with Crippen molar-refractivity contribution in [3.05, 3.63) is 29.8 Å². The second-order valence-electron chi connectivity index (χ2n) is 4.32. The molecule has 0 saturated carbocycles. The third-order valence-electron chi connectivity index (χ3n) is 3.12. The average molecular weight is 344 g/mol. The van der Waals surface area contributed by atoms with Crippen molar-refractivity contribution in [1.29, 1.82) is 0 Å². The van der Waals surface area contributed by atoms with Crippen molar-refractivity contribution in [3.8, 4) is 0 Å². The Morgan fingerprint density at radius 1 is 1.26 bits per heavy atom. The minimum Gasteiger partial charge on any atom is -0.296 e. The zero-order valence-corrected chi connectivity index (χ0v) is 13.9. The maximum Gasteiger partial charge on any atom is 0.226 e. The lowest BCUT2D eigenvalue weighted by molar-refractivity contribution is -0.653.